The van der Waals surface area contributed by atoms with Crippen molar-refractivity contribution >= 4 is 27.5 Å². The Balaban J connectivity index is 1.90. The van der Waals surface area contributed by atoms with Crippen molar-refractivity contribution in [3.8, 4) is 0 Å². The summed E-state index contributed by atoms with van der Waals surface area (Å²) in [6.45, 7) is 2.06. The standard InChI is InChI=1S/C18H17ClN2O3S/c1-13-8-10-15(11-9-13)25(22,23)21(2)18-16(19)12-20-17(24-18)14-6-4-3-5-7-14/h3-11H,12H2,1-2H3. The maximum Gasteiger partial charge on any atom is 0.266 e. The highest BCUT2D eigenvalue weighted by atomic mass is 35.5. The summed E-state index contributed by atoms with van der Waals surface area (Å²) in [4.78, 5) is 4.43. The van der Waals surface area contributed by atoms with Crippen LogP contribution in [0.2, 0.25) is 0 Å². The third-order valence-electron chi connectivity index (χ3n) is 3.77. The zero-order chi connectivity index (χ0) is 18.0. The summed E-state index contributed by atoms with van der Waals surface area (Å²) in [6, 6.07) is 15.9. The molecule has 0 saturated heterocycles. The average molecular weight is 377 g/mol. The van der Waals surface area contributed by atoms with Crippen LogP contribution in [0.15, 0.2) is 75.4 Å². The van der Waals surface area contributed by atoms with E-state index in [9.17, 15) is 8.42 Å². The highest BCUT2D eigenvalue weighted by Gasteiger charge is 2.29. The number of halogens is 1. The third kappa shape index (κ3) is 3.55. The Hall–Kier alpha value is -2.31. The topological polar surface area (TPSA) is 59.0 Å². The van der Waals surface area contributed by atoms with Gasteiger partial charge in [-0.25, -0.2) is 17.7 Å². The molecule has 0 saturated carbocycles. The number of hydrogen-bond acceptors (Lipinski definition) is 4. The molecular formula is C18H17ClN2O3S. The molecule has 1 aliphatic heterocycles. The van der Waals surface area contributed by atoms with Crippen LogP contribution in [0.5, 0.6) is 0 Å². The van der Waals surface area contributed by atoms with Crippen molar-refractivity contribution < 1.29 is 13.2 Å². The number of benzene rings is 2. The summed E-state index contributed by atoms with van der Waals surface area (Å²) in [5.41, 5.74) is 1.73. The minimum absolute atomic E-state index is 0.0658. The van der Waals surface area contributed by atoms with Crippen LogP contribution in [0, 0.1) is 6.92 Å². The van der Waals surface area contributed by atoms with Crippen molar-refractivity contribution in [2.75, 3.05) is 13.6 Å². The van der Waals surface area contributed by atoms with Crippen LogP contribution in [0.3, 0.4) is 0 Å². The van der Waals surface area contributed by atoms with Crippen molar-refractivity contribution in [1.82, 2.24) is 4.31 Å². The van der Waals surface area contributed by atoms with Crippen molar-refractivity contribution in [3.05, 3.63) is 76.6 Å². The van der Waals surface area contributed by atoms with Gasteiger partial charge in [0.05, 0.1) is 11.4 Å². The summed E-state index contributed by atoms with van der Waals surface area (Å²) in [5, 5.41) is 0.234. The Bertz CT molecular complexity index is 936. The van der Waals surface area contributed by atoms with Crippen LogP contribution in [0.25, 0.3) is 0 Å². The monoisotopic (exact) mass is 376 g/mol. The summed E-state index contributed by atoms with van der Waals surface area (Å²) >= 11 is 6.19. The summed E-state index contributed by atoms with van der Waals surface area (Å²) in [5.74, 6) is 0.405. The smallest absolute Gasteiger partial charge is 0.266 e. The fraction of sp³-hybridized carbons (Fsp3) is 0.167. The molecule has 0 amide bonds. The fourth-order valence-corrected chi connectivity index (χ4v) is 3.77. The van der Waals surface area contributed by atoms with Crippen molar-refractivity contribution in [2.45, 2.75) is 11.8 Å². The van der Waals surface area contributed by atoms with Crippen LogP contribution < -0.4 is 0 Å². The molecule has 0 N–H and O–H groups in total. The van der Waals surface area contributed by atoms with Gasteiger partial charge in [-0.1, -0.05) is 47.5 Å². The molecule has 7 heteroatoms. The molecule has 25 heavy (non-hydrogen) atoms. The summed E-state index contributed by atoms with van der Waals surface area (Å²) in [6.07, 6.45) is 0. The lowest BCUT2D eigenvalue weighted by Gasteiger charge is -2.26. The van der Waals surface area contributed by atoms with Gasteiger partial charge in [0.15, 0.2) is 0 Å². The van der Waals surface area contributed by atoms with E-state index in [0.717, 1.165) is 15.4 Å². The van der Waals surface area contributed by atoms with E-state index in [0.29, 0.717) is 5.90 Å². The summed E-state index contributed by atoms with van der Waals surface area (Å²) < 4.78 is 32.5. The number of aliphatic imine (C=N–C) groups is 1. The molecule has 0 fully saturated rings. The SMILES string of the molecule is Cc1ccc(S(=O)(=O)N(C)C2=C(Cl)CN=C(c3ccccc3)O2)cc1. The van der Waals surface area contributed by atoms with Crippen molar-refractivity contribution in [3.63, 3.8) is 0 Å². The Morgan fingerprint density at radius 1 is 1.08 bits per heavy atom. The lowest BCUT2D eigenvalue weighted by Crippen LogP contribution is -2.31. The molecule has 5 nitrogen and oxygen atoms in total. The van der Waals surface area contributed by atoms with Gasteiger partial charge in [-0.2, -0.15) is 0 Å². The number of ether oxygens (including phenoxy) is 1. The maximum absolute atomic E-state index is 12.8. The van der Waals surface area contributed by atoms with Gasteiger partial charge in [0, 0.05) is 12.6 Å². The molecule has 0 spiro atoms. The van der Waals surface area contributed by atoms with Gasteiger partial charge >= 0.3 is 0 Å². The van der Waals surface area contributed by atoms with Gasteiger partial charge < -0.3 is 4.74 Å². The van der Waals surface area contributed by atoms with E-state index in [1.807, 2.05) is 37.3 Å². The van der Waals surface area contributed by atoms with Gasteiger partial charge in [-0.15, -0.1) is 0 Å². The van der Waals surface area contributed by atoms with Gasteiger partial charge in [-0.05, 0) is 31.2 Å². The van der Waals surface area contributed by atoms with Crippen LogP contribution in [-0.4, -0.2) is 32.2 Å². The molecule has 0 aliphatic carbocycles. The average Bonchev–Trinajstić information content (AvgIpc) is 2.62. The summed E-state index contributed by atoms with van der Waals surface area (Å²) in [7, 11) is -2.37. The van der Waals surface area contributed by atoms with E-state index in [1.165, 1.54) is 7.05 Å². The van der Waals surface area contributed by atoms with E-state index >= 15 is 0 Å². The molecule has 2 aromatic carbocycles. The van der Waals surface area contributed by atoms with E-state index in [2.05, 4.69) is 4.99 Å². The predicted octanol–water partition coefficient (Wildman–Crippen LogP) is 3.50. The largest absolute Gasteiger partial charge is 0.420 e. The van der Waals surface area contributed by atoms with Gasteiger partial charge in [0.2, 0.25) is 11.8 Å². The predicted molar refractivity (Wildman–Crippen MR) is 97.9 cm³/mol. The Labute approximate surface area is 152 Å². The Kier molecular flexibility index (Phi) is 4.83. The van der Waals surface area contributed by atoms with E-state index < -0.39 is 10.0 Å². The molecular weight excluding hydrogens is 360 g/mol. The first kappa shape index (κ1) is 17.5. The maximum atomic E-state index is 12.8. The highest BCUT2D eigenvalue weighted by molar-refractivity contribution is 7.89. The number of rotatable bonds is 4. The molecule has 0 unspecified atom stereocenters. The Morgan fingerprint density at radius 3 is 2.36 bits per heavy atom. The molecule has 0 atom stereocenters. The zero-order valence-corrected chi connectivity index (χ0v) is 15.4. The van der Waals surface area contributed by atoms with Crippen LogP contribution in [-0.2, 0) is 14.8 Å². The molecule has 2 aromatic rings. The van der Waals surface area contributed by atoms with Gasteiger partial charge in [0.25, 0.3) is 10.0 Å². The first-order valence-corrected chi connectivity index (χ1v) is 9.43. The molecule has 3 rings (SSSR count). The molecule has 1 aliphatic rings. The lowest BCUT2D eigenvalue weighted by atomic mass is 10.2. The van der Waals surface area contributed by atoms with Gasteiger partial charge in [0.1, 0.15) is 5.03 Å². The second-order valence-corrected chi connectivity index (χ2v) is 8.01. The van der Waals surface area contributed by atoms with Crippen molar-refractivity contribution in [1.29, 1.82) is 0 Å². The first-order valence-electron chi connectivity index (χ1n) is 7.61. The number of aryl methyl sites for hydroxylation is 1. The van der Waals surface area contributed by atoms with Crippen LogP contribution in [0.4, 0.5) is 0 Å². The van der Waals surface area contributed by atoms with E-state index in [-0.39, 0.29) is 22.4 Å². The minimum atomic E-state index is -3.78. The first-order chi connectivity index (χ1) is 11.9. The second-order valence-electron chi connectivity index (χ2n) is 5.59. The Morgan fingerprint density at radius 2 is 1.72 bits per heavy atom. The third-order valence-corrected chi connectivity index (χ3v) is 5.81. The molecule has 0 bridgehead atoms. The highest BCUT2D eigenvalue weighted by Crippen LogP contribution is 2.27. The molecule has 0 radical (unpaired) electrons. The fourth-order valence-electron chi connectivity index (χ4n) is 2.33. The zero-order valence-electron chi connectivity index (χ0n) is 13.8. The number of hydrogen-bond donors (Lipinski definition) is 0. The molecule has 0 aromatic heterocycles. The quantitative estimate of drug-likeness (QED) is 0.820. The van der Waals surface area contributed by atoms with Crippen LogP contribution >= 0.6 is 11.6 Å². The number of sulfonamides is 1. The lowest BCUT2D eigenvalue weighted by molar-refractivity contribution is 0.302. The van der Waals surface area contributed by atoms with E-state index in [1.54, 1.807) is 24.3 Å². The number of nitrogens with zero attached hydrogens (tertiary/aromatic N) is 2. The second kappa shape index (κ2) is 6.90. The normalized spacial score (nSPS) is 14.8. The van der Waals surface area contributed by atoms with E-state index in [4.69, 9.17) is 16.3 Å². The minimum Gasteiger partial charge on any atom is -0.420 e. The van der Waals surface area contributed by atoms with Gasteiger partial charge in [-0.3, -0.25) is 0 Å². The van der Waals surface area contributed by atoms with Crippen molar-refractivity contribution in [2.24, 2.45) is 4.99 Å². The van der Waals surface area contributed by atoms with Crippen LogP contribution in [0.1, 0.15) is 11.1 Å². The molecule has 1 heterocycles. The molecule has 130 valence electrons.